The number of ketones is 1. The minimum Gasteiger partial charge on any atom is -0.465 e. The minimum absolute atomic E-state index is 0.216. The van der Waals surface area contributed by atoms with Gasteiger partial charge in [0.1, 0.15) is 0 Å². The van der Waals surface area contributed by atoms with Gasteiger partial charge < -0.3 is 4.74 Å². The molecular formula is C16H19NO3. The number of rotatable bonds is 5. The number of carbonyl (C=O) groups is 2. The summed E-state index contributed by atoms with van der Waals surface area (Å²) in [7, 11) is 0. The van der Waals surface area contributed by atoms with Gasteiger partial charge in [-0.15, -0.1) is 0 Å². The Morgan fingerprint density at radius 2 is 2.15 bits per heavy atom. The summed E-state index contributed by atoms with van der Waals surface area (Å²) in [5.74, 6) is -1.64. The maximum atomic E-state index is 12.4. The van der Waals surface area contributed by atoms with Crippen LogP contribution in [0.25, 0.3) is 0 Å². The van der Waals surface area contributed by atoms with Crippen LogP contribution in [0.4, 0.5) is 5.69 Å². The van der Waals surface area contributed by atoms with Crippen molar-refractivity contribution in [3.63, 3.8) is 0 Å². The number of aryl methyl sites for hydroxylation is 1. The number of carbonyl (C=O) groups excluding carboxylic acids is 2. The van der Waals surface area contributed by atoms with E-state index in [1.807, 2.05) is 18.2 Å². The van der Waals surface area contributed by atoms with Crippen molar-refractivity contribution in [3.05, 3.63) is 29.3 Å². The number of ether oxygens (including phenoxy) is 1. The lowest BCUT2D eigenvalue weighted by Crippen LogP contribution is -2.29. The monoisotopic (exact) mass is 273 g/mol. The molecule has 1 aliphatic rings. The van der Waals surface area contributed by atoms with Crippen LogP contribution >= 0.6 is 0 Å². The van der Waals surface area contributed by atoms with Gasteiger partial charge in [-0.05, 0) is 37.5 Å². The van der Waals surface area contributed by atoms with Crippen LogP contribution in [0.15, 0.2) is 23.2 Å². The van der Waals surface area contributed by atoms with Crippen molar-refractivity contribution in [1.82, 2.24) is 0 Å². The summed E-state index contributed by atoms with van der Waals surface area (Å²) in [5, 5.41) is 0. The van der Waals surface area contributed by atoms with Crippen LogP contribution < -0.4 is 0 Å². The van der Waals surface area contributed by atoms with Crippen molar-refractivity contribution in [2.24, 2.45) is 10.9 Å². The zero-order valence-electron chi connectivity index (χ0n) is 11.9. The van der Waals surface area contributed by atoms with Gasteiger partial charge in [0.2, 0.25) is 0 Å². The van der Waals surface area contributed by atoms with Gasteiger partial charge in [-0.2, -0.15) is 0 Å². The van der Waals surface area contributed by atoms with Gasteiger partial charge in [-0.25, -0.2) is 0 Å². The molecule has 0 N–H and O–H groups in total. The number of fused-ring (bicyclic) bond motifs is 1. The lowest BCUT2D eigenvalue weighted by Gasteiger charge is -2.17. The molecule has 1 aromatic rings. The lowest BCUT2D eigenvalue weighted by atomic mass is 9.92. The molecule has 0 saturated heterocycles. The summed E-state index contributed by atoms with van der Waals surface area (Å²) in [6.07, 6.45) is 4.51. The van der Waals surface area contributed by atoms with E-state index in [1.54, 1.807) is 6.92 Å². The SMILES string of the molecule is CCCCc1ccc2c(c1)C(=O)C(C(=O)OCC)C=N2. The average Bonchev–Trinajstić information content (AvgIpc) is 2.46. The molecule has 1 aromatic carbocycles. The molecule has 1 atom stereocenters. The Balaban J connectivity index is 2.25. The van der Waals surface area contributed by atoms with E-state index in [4.69, 9.17) is 4.74 Å². The molecule has 0 aromatic heterocycles. The molecule has 20 heavy (non-hydrogen) atoms. The molecule has 2 rings (SSSR count). The van der Waals surface area contributed by atoms with Crippen LogP contribution in [0.1, 0.15) is 42.6 Å². The van der Waals surface area contributed by atoms with Gasteiger partial charge in [-0.1, -0.05) is 19.4 Å². The highest BCUT2D eigenvalue weighted by Crippen LogP contribution is 2.28. The fraction of sp³-hybridized carbons (Fsp3) is 0.438. The molecule has 0 saturated carbocycles. The van der Waals surface area contributed by atoms with E-state index in [0.29, 0.717) is 11.3 Å². The van der Waals surface area contributed by atoms with Crippen LogP contribution in [0, 0.1) is 5.92 Å². The van der Waals surface area contributed by atoms with Gasteiger partial charge in [0.15, 0.2) is 11.7 Å². The van der Waals surface area contributed by atoms with Crippen molar-refractivity contribution in [2.75, 3.05) is 6.61 Å². The Labute approximate surface area is 118 Å². The van der Waals surface area contributed by atoms with Gasteiger partial charge in [0, 0.05) is 11.8 Å². The first-order valence-corrected chi connectivity index (χ1v) is 7.05. The summed E-state index contributed by atoms with van der Waals surface area (Å²) in [6.45, 7) is 4.11. The zero-order valence-corrected chi connectivity index (χ0v) is 11.9. The van der Waals surface area contributed by atoms with E-state index >= 15 is 0 Å². The number of Topliss-reactive ketones (excluding diaryl/α,β-unsaturated/α-hetero) is 1. The fourth-order valence-electron chi connectivity index (χ4n) is 2.22. The Hall–Kier alpha value is -1.97. The van der Waals surface area contributed by atoms with Crippen molar-refractivity contribution >= 4 is 23.7 Å². The Morgan fingerprint density at radius 1 is 1.35 bits per heavy atom. The van der Waals surface area contributed by atoms with Crippen LogP contribution in [-0.4, -0.2) is 24.6 Å². The maximum Gasteiger partial charge on any atom is 0.322 e. The molecule has 0 bridgehead atoms. The average molecular weight is 273 g/mol. The van der Waals surface area contributed by atoms with Gasteiger partial charge in [0.05, 0.1) is 12.3 Å². The van der Waals surface area contributed by atoms with Crippen LogP contribution in [0.2, 0.25) is 0 Å². The third-order valence-electron chi connectivity index (χ3n) is 3.33. The molecule has 106 valence electrons. The van der Waals surface area contributed by atoms with E-state index < -0.39 is 11.9 Å². The molecule has 0 spiro atoms. The Bertz CT molecular complexity index is 549. The molecule has 1 heterocycles. The second-order valence-corrected chi connectivity index (χ2v) is 4.83. The highest BCUT2D eigenvalue weighted by atomic mass is 16.5. The number of unbranched alkanes of at least 4 members (excludes halogenated alkanes) is 1. The van der Waals surface area contributed by atoms with Gasteiger partial charge in [0.25, 0.3) is 0 Å². The molecule has 0 amide bonds. The number of aliphatic imine (C=N–C) groups is 1. The molecule has 1 unspecified atom stereocenters. The number of hydrogen-bond donors (Lipinski definition) is 0. The van der Waals surface area contributed by atoms with Crippen LogP contribution in [0.5, 0.6) is 0 Å². The molecule has 0 fully saturated rings. The number of esters is 1. The van der Waals surface area contributed by atoms with Crippen molar-refractivity contribution in [1.29, 1.82) is 0 Å². The maximum absolute atomic E-state index is 12.4. The second kappa shape index (κ2) is 6.46. The summed E-state index contributed by atoms with van der Waals surface area (Å²) in [5.41, 5.74) is 2.27. The fourth-order valence-corrected chi connectivity index (χ4v) is 2.22. The first-order valence-electron chi connectivity index (χ1n) is 7.05. The highest BCUT2D eigenvalue weighted by Gasteiger charge is 2.31. The van der Waals surface area contributed by atoms with Crippen LogP contribution in [-0.2, 0) is 16.0 Å². The highest BCUT2D eigenvalue weighted by molar-refractivity contribution is 6.22. The van der Waals surface area contributed by atoms with Crippen LogP contribution in [0.3, 0.4) is 0 Å². The third kappa shape index (κ3) is 2.95. The van der Waals surface area contributed by atoms with E-state index in [2.05, 4.69) is 11.9 Å². The van der Waals surface area contributed by atoms with E-state index in [9.17, 15) is 9.59 Å². The Morgan fingerprint density at radius 3 is 2.85 bits per heavy atom. The first-order chi connectivity index (χ1) is 9.67. The largest absolute Gasteiger partial charge is 0.465 e. The smallest absolute Gasteiger partial charge is 0.322 e. The normalized spacial score (nSPS) is 16.9. The van der Waals surface area contributed by atoms with Gasteiger partial charge >= 0.3 is 5.97 Å². The zero-order chi connectivity index (χ0) is 14.5. The van der Waals surface area contributed by atoms with E-state index in [0.717, 1.165) is 24.8 Å². The number of nitrogens with zero attached hydrogens (tertiary/aromatic N) is 1. The van der Waals surface area contributed by atoms with Crippen molar-refractivity contribution < 1.29 is 14.3 Å². The summed E-state index contributed by atoms with van der Waals surface area (Å²) < 4.78 is 4.91. The predicted octanol–water partition coefficient (Wildman–Crippen LogP) is 3.11. The molecule has 0 aliphatic carbocycles. The molecule has 1 aliphatic heterocycles. The molecule has 0 radical (unpaired) electrons. The standard InChI is InChI=1S/C16H19NO3/c1-3-5-6-11-7-8-14-12(9-11)15(18)13(10-17-14)16(19)20-4-2/h7-10,13H,3-6H2,1-2H3. The van der Waals surface area contributed by atoms with E-state index in [-0.39, 0.29) is 12.4 Å². The molecular weight excluding hydrogens is 254 g/mol. The van der Waals surface area contributed by atoms with E-state index in [1.165, 1.54) is 6.21 Å². The van der Waals surface area contributed by atoms with Crippen molar-refractivity contribution in [3.8, 4) is 0 Å². The number of benzene rings is 1. The summed E-state index contributed by atoms with van der Waals surface area (Å²) >= 11 is 0. The number of hydrogen-bond acceptors (Lipinski definition) is 4. The summed E-state index contributed by atoms with van der Waals surface area (Å²) in [6, 6.07) is 5.69. The van der Waals surface area contributed by atoms with Gasteiger partial charge in [-0.3, -0.25) is 14.6 Å². The second-order valence-electron chi connectivity index (χ2n) is 4.83. The van der Waals surface area contributed by atoms with Crippen molar-refractivity contribution in [2.45, 2.75) is 33.1 Å². The summed E-state index contributed by atoms with van der Waals surface area (Å²) in [4.78, 5) is 28.3. The minimum atomic E-state index is -0.899. The third-order valence-corrected chi connectivity index (χ3v) is 3.33. The molecule has 4 heteroatoms. The predicted molar refractivity (Wildman–Crippen MR) is 77.7 cm³/mol. The topological polar surface area (TPSA) is 55.7 Å². The Kier molecular flexibility index (Phi) is 4.66. The quantitative estimate of drug-likeness (QED) is 0.612. The molecule has 4 nitrogen and oxygen atoms in total. The first kappa shape index (κ1) is 14.4. The lowest BCUT2D eigenvalue weighted by molar-refractivity contribution is -0.143.